The molecule has 1 aliphatic carbocycles. The van der Waals surface area contributed by atoms with Crippen LogP contribution in [0.15, 0.2) is 4.42 Å². The van der Waals surface area contributed by atoms with Crippen LogP contribution in [0.1, 0.15) is 43.6 Å². The molecule has 2 N–H and O–H groups in total. The van der Waals surface area contributed by atoms with Gasteiger partial charge in [0.25, 0.3) is 6.01 Å². The summed E-state index contributed by atoms with van der Waals surface area (Å²) in [6.45, 7) is 1.27. The molecule has 1 aliphatic heterocycles. The van der Waals surface area contributed by atoms with E-state index in [1.807, 2.05) is 4.90 Å². The number of aromatic nitrogens is 1. The number of nitrogens with two attached hydrogens (primary N) is 1. The molecule has 2 heterocycles. The maximum Gasteiger partial charge on any atom is 0.292 e. The average Bonchev–Trinajstić information content (AvgIpc) is 2.65. The summed E-state index contributed by atoms with van der Waals surface area (Å²) in [5.41, 5.74) is 6.44. The number of nitrogens with zero attached hydrogens (tertiary/aromatic N) is 2. The van der Waals surface area contributed by atoms with E-state index in [1.165, 1.54) is 19.3 Å². The van der Waals surface area contributed by atoms with Gasteiger partial charge in [-0.15, -0.1) is 0 Å². The second kappa shape index (κ2) is 4.63. The highest BCUT2D eigenvalue weighted by atomic mass is 16.4. The van der Waals surface area contributed by atoms with Crippen molar-refractivity contribution in [3.63, 3.8) is 0 Å². The van der Waals surface area contributed by atoms with Crippen LogP contribution in [0.25, 0.3) is 0 Å². The zero-order chi connectivity index (χ0) is 12.5. The molecule has 0 atom stereocenters. The van der Waals surface area contributed by atoms with Gasteiger partial charge < -0.3 is 15.1 Å². The Morgan fingerprint density at radius 2 is 2.33 bits per heavy atom. The first-order chi connectivity index (χ1) is 8.72. The van der Waals surface area contributed by atoms with Crippen LogP contribution in [-0.4, -0.2) is 22.3 Å². The summed E-state index contributed by atoms with van der Waals surface area (Å²) in [4.78, 5) is 18.1. The van der Waals surface area contributed by atoms with E-state index in [2.05, 4.69) is 4.98 Å². The number of hydrogen-bond donors (Lipinski definition) is 1. The molecule has 0 radical (unpaired) electrons. The van der Waals surface area contributed by atoms with Crippen LogP contribution in [0.5, 0.6) is 0 Å². The quantitative estimate of drug-likeness (QED) is 0.885. The number of amides is 1. The highest BCUT2D eigenvalue weighted by Crippen LogP contribution is 2.31. The molecule has 0 spiro atoms. The van der Waals surface area contributed by atoms with Crippen LogP contribution in [0.2, 0.25) is 0 Å². The van der Waals surface area contributed by atoms with E-state index < -0.39 is 0 Å². The SMILES string of the molecule is Nc1nc2c(o1)CN(C(=O)CCC1CCC1)CC2. The lowest BCUT2D eigenvalue weighted by atomic mass is 9.82. The van der Waals surface area contributed by atoms with Gasteiger partial charge in [-0.25, -0.2) is 0 Å². The summed E-state index contributed by atoms with van der Waals surface area (Å²) in [5, 5.41) is 0. The molecular weight excluding hydrogens is 230 g/mol. The van der Waals surface area contributed by atoms with Crippen molar-refractivity contribution in [2.45, 2.75) is 45.1 Å². The fourth-order valence-corrected chi connectivity index (χ4v) is 2.70. The third-order valence-corrected chi connectivity index (χ3v) is 4.09. The minimum absolute atomic E-state index is 0.212. The molecule has 5 heteroatoms. The van der Waals surface area contributed by atoms with Gasteiger partial charge in [0, 0.05) is 19.4 Å². The Hall–Kier alpha value is -1.52. The molecular formula is C13H19N3O2. The molecule has 0 bridgehead atoms. The number of fused-ring (bicyclic) bond motifs is 1. The highest BCUT2D eigenvalue weighted by Gasteiger charge is 2.26. The van der Waals surface area contributed by atoms with Crippen molar-refractivity contribution in [1.82, 2.24) is 9.88 Å². The topological polar surface area (TPSA) is 72.4 Å². The Labute approximate surface area is 106 Å². The molecule has 0 aromatic carbocycles. The van der Waals surface area contributed by atoms with Gasteiger partial charge in [0.15, 0.2) is 0 Å². The van der Waals surface area contributed by atoms with Crippen LogP contribution in [0.3, 0.4) is 0 Å². The number of anilines is 1. The summed E-state index contributed by atoms with van der Waals surface area (Å²) < 4.78 is 5.32. The lowest BCUT2D eigenvalue weighted by Gasteiger charge is -2.28. The molecule has 1 amide bonds. The monoisotopic (exact) mass is 249 g/mol. The average molecular weight is 249 g/mol. The molecule has 3 rings (SSSR count). The molecule has 1 fully saturated rings. The van der Waals surface area contributed by atoms with E-state index in [4.69, 9.17) is 10.2 Å². The van der Waals surface area contributed by atoms with Crippen LogP contribution >= 0.6 is 0 Å². The second-order valence-corrected chi connectivity index (χ2v) is 5.32. The van der Waals surface area contributed by atoms with E-state index in [0.717, 1.165) is 36.8 Å². The minimum Gasteiger partial charge on any atom is -0.427 e. The number of oxazole rings is 1. The lowest BCUT2D eigenvalue weighted by molar-refractivity contribution is -0.132. The first-order valence-electron chi connectivity index (χ1n) is 6.74. The third-order valence-electron chi connectivity index (χ3n) is 4.09. The van der Waals surface area contributed by atoms with Gasteiger partial charge in [-0.05, 0) is 12.3 Å². The standard InChI is InChI=1S/C13H19N3O2/c14-13-15-10-6-7-16(8-11(10)18-13)12(17)5-4-9-2-1-3-9/h9H,1-8H2,(H2,14,15). The minimum atomic E-state index is 0.212. The van der Waals surface area contributed by atoms with Gasteiger partial charge in [-0.1, -0.05) is 19.3 Å². The van der Waals surface area contributed by atoms with Gasteiger partial charge in [0.2, 0.25) is 5.91 Å². The third kappa shape index (κ3) is 2.21. The Kier molecular flexibility index (Phi) is 2.97. The van der Waals surface area contributed by atoms with Gasteiger partial charge in [-0.2, -0.15) is 4.98 Å². The zero-order valence-electron chi connectivity index (χ0n) is 10.5. The Morgan fingerprint density at radius 1 is 1.50 bits per heavy atom. The second-order valence-electron chi connectivity index (χ2n) is 5.32. The normalized spacial score (nSPS) is 19.4. The molecule has 1 saturated carbocycles. The predicted octanol–water partition coefficient (Wildman–Crippen LogP) is 1.72. The summed E-state index contributed by atoms with van der Waals surface area (Å²) in [6, 6.07) is 0.212. The summed E-state index contributed by atoms with van der Waals surface area (Å²) >= 11 is 0. The van der Waals surface area contributed by atoms with Gasteiger partial charge in [-0.3, -0.25) is 4.79 Å². The predicted molar refractivity (Wildman–Crippen MR) is 66.6 cm³/mol. The van der Waals surface area contributed by atoms with E-state index in [0.29, 0.717) is 13.0 Å². The van der Waals surface area contributed by atoms with Gasteiger partial charge >= 0.3 is 0 Å². The molecule has 1 aromatic rings. The molecule has 2 aliphatic rings. The zero-order valence-corrected chi connectivity index (χ0v) is 10.5. The fourth-order valence-electron chi connectivity index (χ4n) is 2.70. The summed E-state index contributed by atoms with van der Waals surface area (Å²) in [5.74, 6) is 1.79. The van der Waals surface area contributed by atoms with Crippen molar-refractivity contribution in [3.05, 3.63) is 11.5 Å². The first kappa shape index (κ1) is 11.6. The number of hydrogen-bond acceptors (Lipinski definition) is 4. The molecule has 0 unspecified atom stereocenters. The van der Waals surface area contributed by atoms with Crippen molar-refractivity contribution in [2.24, 2.45) is 5.92 Å². The molecule has 1 aromatic heterocycles. The maximum absolute atomic E-state index is 12.1. The van der Waals surface area contributed by atoms with E-state index in [1.54, 1.807) is 0 Å². The van der Waals surface area contributed by atoms with E-state index in [9.17, 15) is 4.79 Å². The fraction of sp³-hybridized carbons (Fsp3) is 0.692. The van der Waals surface area contributed by atoms with Gasteiger partial charge in [0.05, 0.1) is 12.2 Å². The van der Waals surface area contributed by atoms with E-state index >= 15 is 0 Å². The Balaban J connectivity index is 1.55. The van der Waals surface area contributed by atoms with Crippen molar-refractivity contribution in [2.75, 3.05) is 12.3 Å². The van der Waals surface area contributed by atoms with Crippen LogP contribution in [0.4, 0.5) is 6.01 Å². The summed E-state index contributed by atoms with van der Waals surface area (Å²) in [6.07, 6.45) is 6.41. The van der Waals surface area contributed by atoms with Crippen molar-refractivity contribution in [3.8, 4) is 0 Å². The molecule has 18 heavy (non-hydrogen) atoms. The maximum atomic E-state index is 12.1. The van der Waals surface area contributed by atoms with Crippen molar-refractivity contribution in [1.29, 1.82) is 0 Å². The smallest absolute Gasteiger partial charge is 0.292 e. The number of rotatable bonds is 3. The largest absolute Gasteiger partial charge is 0.427 e. The molecule has 0 saturated heterocycles. The number of carbonyl (C=O) groups is 1. The highest BCUT2D eigenvalue weighted by molar-refractivity contribution is 5.76. The van der Waals surface area contributed by atoms with E-state index in [-0.39, 0.29) is 11.9 Å². The van der Waals surface area contributed by atoms with Crippen LogP contribution < -0.4 is 5.73 Å². The van der Waals surface area contributed by atoms with Crippen molar-refractivity contribution < 1.29 is 9.21 Å². The number of carbonyl (C=O) groups excluding carboxylic acids is 1. The van der Waals surface area contributed by atoms with Crippen LogP contribution in [-0.2, 0) is 17.8 Å². The molecule has 5 nitrogen and oxygen atoms in total. The number of nitrogen functional groups attached to an aromatic ring is 1. The first-order valence-corrected chi connectivity index (χ1v) is 6.74. The summed E-state index contributed by atoms with van der Waals surface area (Å²) in [7, 11) is 0. The van der Waals surface area contributed by atoms with Crippen LogP contribution in [0, 0.1) is 5.92 Å². The van der Waals surface area contributed by atoms with Gasteiger partial charge in [0.1, 0.15) is 5.76 Å². The Morgan fingerprint density at radius 3 is 3.06 bits per heavy atom. The van der Waals surface area contributed by atoms with Crippen molar-refractivity contribution >= 4 is 11.9 Å². The lowest BCUT2D eigenvalue weighted by Crippen LogP contribution is -2.36. The Bertz CT molecular complexity index is 451. The molecule has 98 valence electrons.